The van der Waals surface area contributed by atoms with Gasteiger partial charge in [0.25, 0.3) is 0 Å². The van der Waals surface area contributed by atoms with Crippen LogP contribution in [0.3, 0.4) is 0 Å². The highest BCUT2D eigenvalue weighted by atomic mass is 32.2. The van der Waals surface area contributed by atoms with Crippen LogP contribution < -0.4 is 10.6 Å². The summed E-state index contributed by atoms with van der Waals surface area (Å²) in [4.78, 5) is 26.7. The normalized spacial score (nSPS) is 11.9. The first kappa shape index (κ1) is 25.6. The van der Waals surface area contributed by atoms with E-state index in [1.807, 2.05) is 73.7 Å². The molecule has 5 nitrogen and oxygen atoms in total. The van der Waals surface area contributed by atoms with Crippen molar-refractivity contribution in [3.8, 4) is 0 Å². The first-order valence-corrected chi connectivity index (χ1v) is 13.9. The van der Waals surface area contributed by atoms with Crippen molar-refractivity contribution in [2.24, 2.45) is 0 Å². The van der Waals surface area contributed by atoms with Crippen LogP contribution in [-0.2, 0) is 16.1 Å². The van der Waals surface area contributed by atoms with Crippen molar-refractivity contribution in [1.29, 1.82) is 0 Å². The number of benzene rings is 4. The minimum atomic E-state index is -0.467. The van der Waals surface area contributed by atoms with Crippen LogP contribution in [0.2, 0.25) is 0 Å². The molecular weight excluding hydrogens is 490 g/mol. The molecule has 0 spiro atoms. The Morgan fingerprint density at radius 1 is 0.763 bits per heavy atom. The molecule has 192 valence electrons. The fourth-order valence-corrected chi connectivity index (χ4v) is 5.90. The third kappa shape index (κ3) is 5.46. The first-order valence-electron chi connectivity index (χ1n) is 13.0. The third-order valence-electron chi connectivity index (χ3n) is 6.55. The van der Waals surface area contributed by atoms with E-state index in [1.54, 1.807) is 0 Å². The fourth-order valence-electron chi connectivity index (χ4n) is 4.81. The van der Waals surface area contributed by atoms with Crippen LogP contribution in [0.15, 0.2) is 102 Å². The Labute approximate surface area is 227 Å². The van der Waals surface area contributed by atoms with E-state index in [0.717, 1.165) is 45.7 Å². The highest BCUT2D eigenvalue weighted by Gasteiger charge is 2.23. The number of carbonyl (C=O) groups excluding carboxylic acids is 2. The maximum atomic E-state index is 13.7. The van der Waals surface area contributed by atoms with Crippen molar-refractivity contribution in [3.05, 3.63) is 103 Å². The number of hydrogen-bond donors (Lipinski definition) is 2. The fraction of sp³-hybridized carbons (Fsp3) is 0.188. The summed E-state index contributed by atoms with van der Waals surface area (Å²) in [6.07, 6.45) is 1.27. The van der Waals surface area contributed by atoms with Crippen LogP contribution in [-0.4, -0.2) is 16.4 Å². The molecule has 2 N–H and O–H groups in total. The topological polar surface area (TPSA) is 63.1 Å². The molecule has 1 heterocycles. The molecule has 2 amide bonds. The quantitative estimate of drug-likeness (QED) is 0.193. The monoisotopic (exact) mass is 521 g/mol. The van der Waals surface area contributed by atoms with Gasteiger partial charge in [0.15, 0.2) is 0 Å². The smallest absolute Gasteiger partial charge is 0.242 e. The van der Waals surface area contributed by atoms with Crippen LogP contribution in [0.5, 0.6) is 0 Å². The molecule has 38 heavy (non-hydrogen) atoms. The number of fused-ring (bicyclic) bond motifs is 3. The number of hydrogen-bond acceptors (Lipinski definition) is 3. The van der Waals surface area contributed by atoms with Crippen LogP contribution >= 0.6 is 11.8 Å². The Morgan fingerprint density at radius 3 is 2.29 bits per heavy atom. The van der Waals surface area contributed by atoms with Crippen molar-refractivity contribution in [3.63, 3.8) is 0 Å². The molecule has 5 aromatic rings. The summed E-state index contributed by atoms with van der Waals surface area (Å²) in [5.41, 5.74) is 4.76. The molecule has 6 heteroatoms. The largest absolute Gasteiger partial charge is 0.341 e. The maximum Gasteiger partial charge on any atom is 0.242 e. The zero-order valence-electron chi connectivity index (χ0n) is 21.6. The highest BCUT2D eigenvalue weighted by molar-refractivity contribution is 8.00. The Bertz CT molecular complexity index is 1590. The molecule has 1 atom stereocenters. The van der Waals surface area contributed by atoms with E-state index in [9.17, 15) is 9.59 Å². The van der Waals surface area contributed by atoms with E-state index in [1.165, 1.54) is 22.7 Å². The standard InChI is InChI=1S/C32H31N3O2S/c1-3-11-30(36)33-23-14-10-15-25(20-23)38-31(22-12-6-5-7-13-22)32(37)34-24-18-19-29-27(21-24)26-16-8-9-17-28(26)35(29)4-2/h5-10,12-21,31H,3-4,11H2,1-2H3,(H,33,36)(H,34,37). The second kappa shape index (κ2) is 11.6. The minimum Gasteiger partial charge on any atom is -0.341 e. The molecule has 0 saturated carbocycles. The lowest BCUT2D eigenvalue weighted by atomic mass is 10.1. The van der Waals surface area contributed by atoms with Crippen LogP contribution in [0.25, 0.3) is 21.8 Å². The molecule has 1 unspecified atom stereocenters. The average molecular weight is 522 g/mol. The minimum absolute atomic E-state index is 0.00757. The van der Waals surface area contributed by atoms with Crippen molar-refractivity contribution in [2.75, 3.05) is 10.6 Å². The van der Waals surface area contributed by atoms with Crippen molar-refractivity contribution in [1.82, 2.24) is 4.57 Å². The number of nitrogens with zero attached hydrogens (tertiary/aromatic N) is 1. The molecule has 0 aliphatic rings. The molecule has 5 rings (SSSR count). The molecule has 0 fully saturated rings. The SMILES string of the molecule is CCCC(=O)Nc1cccc(SC(C(=O)Nc2ccc3c(c2)c2ccccc2n3CC)c2ccccc2)c1. The van der Waals surface area contributed by atoms with Crippen LogP contribution in [0, 0.1) is 0 Å². The Kier molecular flexibility index (Phi) is 7.80. The van der Waals surface area contributed by atoms with E-state index in [2.05, 4.69) is 52.5 Å². The second-order valence-corrected chi connectivity index (χ2v) is 10.4. The predicted octanol–water partition coefficient (Wildman–Crippen LogP) is 8.03. The third-order valence-corrected chi connectivity index (χ3v) is 7.79. The highest BCUT2D eigenvalue weighted by Crippen LogP contribution is 2.38. The van der Waals surface area contributed by atoms with Gasteiger partial charge in [0.2, 0.25) is 11.8 Å². The van der Waals surface area contributed by atoms with E-state index in [-0.39, 0.29) is 11.8 Å². The Balaban J connectivity index is 1.43. The van der Waals surface area contributed by atoms with E-state index in [0.29, 0.717) is 6.42 Å². The molecule has 4 aromatic carbocycles. The van der Waals surface area contributed by atoms with Crippen molar-refractivity contribution in [2.45, 2.75) is 43.4 Å². The molecule has 0 radical (unpaired) electrons. The van der Waals surface area contributed by atoms with Gasteiger partial charge in [-0.15, -0.1) is 11.8 Å². The lowest BCUT2D eigenvalue weighted by Gasteiger charge is -2.18. The van der Waals surface area contributed by atoms with Gasteiger partial charge in [-0.3, -0.25) is 9.59 Å². The molecule has 0 aliphatic carbocycles. The van der Waals surface area contributed by atoms with Gasteiger partial charge in [-0.2, -0.15) is 0 Å². The van der Waals surface area contributed by atoms with Crippen molar-refractivity contribution >= 4 is 56.8 Å². The number of aryl methyl sites for hydroxylation is 1. The first-order chi connectivity index (χ1) is 18.6. The lowest BCUT2D eigenvalue weighted by Crippen LogP contribution is -2.19. The van der Waals surface area contributed by atoms with Gasteiger partial charge in [-0.1, -0.05) is 61.5 Å². The summed E-state index contributed by atoms with van der Waals surface area (Å²) in [6, 6.07) is 32.0. The average Bonchev–Trinajstić information content (AvgIpc) is 3.25. The molecular formula is C32H31N3O2S. The van der Waals surface area contributed by atoms with Gasteiger partial charge >= 0.3 is 0 Å². The van der Waals surface area contributed by atoms with Gasteiger partial charge in [0, 0.05) is 51.0 Å². The number of anilines is 2. The number of thioether (sulfide) groups is 1. The number of para-hydroxylation sites is 1. The number of amides is 2. The lowest BCUT2D eigenvalue weighted by molar-refractivity contribution is -0.116. The van der Waals surface area contributed by atoms with E-state index < -0.39 is 5.25 Å². The van der Waals surface area contributed by atoms with E-state index in [4.69, 9.17) is 0 Å². The summed E-state index contributed by atoms with van der Waals surface area (Å²) in [5, 5.41) is 7.95. The molecule has 0 aliphatic heterocycles. The summed E-state index contributed by atoms with van der Waals surface area (Å²) in [7, 11) is 0. The summed E-state index contributed by atoms with van der Waals surface area (Å²) >= 11 is 1.47. The molecule has 1 aromatic heterocycles. The van der Waals surface area contributed by atoms with Gasteiger partial charge in [0.05, 0.1) is 0 Å². The van der Waals surface area contributed by atoms with Crippen molar-refractivity contribution < 1.29 is 9.59 Å². The number of aromatic nitrogens is 1. The van der Waals surface area contributed by atoms with Gasteiger partial charge < -0.3 is 15.2 Å². The number of nitrogens with one attached hydrogen (secondary N) is 2. The van der Waals surface area contributed by atoms with Gasteiger partial charge in [0.1, 0.15) is 5.25 Å². The Morgan fingerprint density at radius 2 is 1.50 bits per heavy atom. The zero-order valence-corrected chi connectivity index (χ0v) is 22.4. The van der Waals surface area contributed by atoms with Gasteiger partial charge in [-0.05, 0) is 61.4 Å². The predicted molar refractivity (Wildman–Crippen MR) is 159 cm³/mol. The summed E-state index contributed by atoms with van der Waals surface area (Å²) in [5.74, 6) is -0.105. The number of rotatable bonds is 9. The molecule has 0 saturated heterocycles. The summed E-state index contributed by atoms with van der Waals surface area (Å²) in [6.45, 7) is 5.00. The second-order valence-electron chi connectivity index (χ2n) is 9.22. The molecule has 0 bridgehead atoms. The Hall–Kier alpha value is -4.03. The zero-order chi connectivity index (χ0) is 26.5. The van der Waals surface area contributed by atoms with E-state index >= 15 is 0 Å². The maximum absolute atomic E-state index is 13.7. The van der Waals surface area contributed by atoms with Crippen LogP contribution in [0.4, 0.5) is 11.4 Å². The van der Waals surface area contributed by atoms with Gasteiger partial charge in [-0.25, -0.2) is 0 Å². The number of carbonyl (C=O) groups is 2. The summed E-state index contributed by atoms with van der Waals surface area (Å²) < 4.78 is 2.30. The van der Waals surface area contributed by atoms with Crippen LogP contribution in [0.1, 0.15) is 37.5 Å².